The Labute approximate surface area is 246 Å². The van der Waals surface area contributed by atoms with Gasteiger partial charge in [0.1, 0.15) is 71.3 Å². The zero-order chi connectivity index (χ0) is 32.0. The number of phenols is 3. The van der Waals surface area contributed by atoms with Gasteiger partial charge in [-0.1, -0.05) is 0 Å². The van der Waals surface area contributed by atoms with Crippen molar-refractivity contribution in [3.05, 3.63) is 40.6 Å². The molecule has 2 aliphatic rings. The van der Waals surface area contributed by atoms with Crippen LogP contribution in [0.4, 0.5) is 0 Å². The standard InChI is InChI=1S/C27H30O17/c28-6-12(33)24-20(37)22(39)27(43-24)44-25-18(35)16-11(32)4-9(30)5-14(16)40-23(25)8-1-2-13(10(31)3-8)41-26-21(38)19(36)17(34)15(7-29)42-26/h1-5,12,15,17,19-22,24,26-34,36-39H,6-7H2/t12-,15-,17-,19+,20-,21-,22-,24-,26-,27+/m1/s1. The van der Waals surface area contributed by atoms with Gasteiger partial charge in [0.05, 0.1) is 13.2 Å². The van der Waals surface area contributed by atoms with Gasteiger partial charge in [0.15, 0.2) is 17.3 Å². The average Bonchev–Trinajstić information content (AvgIpc) is 3.27. The van der Waals surface area contributed by atoms with E-state index < -0.39 is 114 Å². The number of hydrogen-bond donors (Lipinski definition) is 11. The Bertz CT molecular complexity index is 1560. The fraction of sp³-hybridized carbons (Fsp3) is 0.444. The van der Waals surface area contributed by atoms with Crippen LogP contribution in [-0.4, -0.2) is 131 Å². The van der Waals surface area contributed by atoms with E-state index in [4.69, 9.17) is 23.4 Å². The molecule has 11 N–H and O–H groups in total. The van der Waals surface area contributed by atoms with Gasteiger partial charge in [-0.05, 0) is 18.2 Å². The van der Waals surface area contributed by atoms with Crippen molar-refractivity contribution in [1.29, 1.82) is 0 Å². The maximum atomic E-state index is 13.6. The molecule has 1 aromatic heterocycles. The monoisotopic (exact) mass is 626 g/mol. The molecule has 0 bridgehead atoms. The van der Waals surface area contributed by atoms with Gasteiger partial charge in [-0.25, -0.2) is 0 Å². The highest BCUT2D eigenvalue weighted by atomic mass is 16.7. The minimum Gasteiger partial charge on any atom is -0.508 e. The molecular formula is C27H30O17. The van der Waals surface area contributed by atoms with Crippen molar-refractivity contribution in [2.24, 2.45) is 0 Å². The molecule has 3 aromatic rings. The number of fused-ring (bicyclic) bond motifs is 1. The van der Waals surface area contributed by atoms with Crippen molar-refractivity contribution in [3.8, 4) is 40.1 Å². The number of aromatic hydroxyl groups is 3. The Hall–Kier alpha value is -3.75. The van der Waals surface area contributed by atoms with E-state index in [1.807, 2.05) is 0 Å². The fourth-order valence-electron chi connectivity index (χ4n) is 4.92. The van der Waals surface area contributed by atoms with Gasteiger partial charge < -0.3 is 79.5 Å². The third-order valence-electron chi connectivity index (χ3n) is 7.29. The molecule has 0 saturated carbocycles. The number of ether oxygens (including phenoxy) is 4. The van der Waals surface area contributed by atoms with Crippen LogP contribution in [0, 0.1) is 0 Å². The van der Waals surface area contributed by atoms with Gasteiger partial charge in [0, 0.05) is 17.7 Å². The minimum absolute atomic E-state index is 0.0829. The van der Waals surface area contributed by atoms with Crippen LogP contribution in [-0.2, 0) is 9.47 Å². The smallest absolute Gasteiger partial charge is 0.239 e. The molecule has 3 heterocycles. The van der Waals surface area contributed by atoms with E-state index in [2.05, 4.69) is 0 Å². The maximum Gasteiger partial charge on any atom is 0.239 e. The summed E-state index contributed by atoms with van der Waals surface area (Å²) in [6.07, 6.45) is -16.6. The predicted octanol–water partition coefficient (Wildman–Crippen LogP) is -3.07. The summed E-state index contributed by atoms with van der Waals surface area (Å²) in [5, 5.41) is 110. The van der Waals surface area contributed by atoms with Crippen molar-refractivity contribution in [1.82, 2.24) is 0 Å². The summed E-state index contributed by atoms with van der Waals surface area (Å²) < 4.78 is 27.4. The molecule has 17 heteroatoms. The third kappa shape index (κ3) is 5.61. The molecule has 0 aliphatic carbocycles. The molecule has 2 aliphatic heterocycles. The van der Waals surface area contributed by atoms with Crippen LogP contribution >= 0.6 is 0 Å². The first-order valence-electron chi connectivity index (χ1n) is 13.2. The molecule has 0 amide bonds. The minimum atomic E-state index is -1.83. The lowest BCUT2D eigenvalue weighted by Gasteiger charge is -2.39. The Morgan fingerprint density at radius 3 is 2.14 bits per heavy atom. The van der Waals surface area contributed by atoms with Crippen molar-refractivity contribution < 1.29 is 79.5 Å². The van der Waals surface area contributed by atoms with E-state index in [9.17, 15) is 61.0 Å². The van der Waals surface area contributed by atoms with Crippen molar-refractivity contribution in [2.45, 2.75) is 61.4 Å². The maximum absolute atomic E-state index is 13.6. The van der Waals surface area contributed by atoms with Gasteiger partial charge in [0.25, 0.3) is 0 Å². The lowest BCUT2D eigenvalue weighted by Crippen LogP contribution is -2.60. The van der Waals surface area contributed by atoms with Crippen LogP contribution in [0.25, 0.3) is 22.3 Å². The van der Waals surface area contributed by atoms with Crippen LogP contribution in [0.2, 0.25) is 0 Å². The Balaban J connectivity index is 1.54. The molecule has 2 saturated heterocycles. The highest BCUT2D eigenvalue weighted by molar-refractivity contribution is 5.88. The normalized spacial score (nSPS) is 31.2. The summed E-state index contributed by atoms with van der Waals surface area (Å²) in [5.41, 5.74) is -1.44. The lowest BCUT2D eigenvalue weighted by atomic mass is 9.99. The van der Waals surface area contributed by atoms with E-state index >= 15 is 0 Å². The van der Waals surface area contributed by atoms with Crippen molar-refractivity contribution >= 4 is 11.0 Å². The highest BCUT2D eigenvalue weighted by Crippen LogP contribution is 2.40. The fourth-order valence-corrected chi connectivity index (χ4v) is 4.92. The summed E-state index contributed by atoms with van der Waals surface area (Å²) in [4.78, 5) is 13.6. The second-order valence-electron chi connectivity index (χ2n) is 10.2. The number of aliphatic hydroxyl groups excluding tert-OH is 8. The molecule has 10 atom stereocenters. The topological polar surface area (TPSA) is 290 Å². The second-order valence-corrected chi connectivity index (χ2v) is 10.2. The van der Waals surface area contributed by atoms with Crippen LogP contribution < -0.4 is 14.9 Å². The first kappa shape index (κ1) is 31.7. The quantitative estimate of drug-likeness (QED) is 0.118. The molecule has 240 valence electrons. The molecule has 17 nitrogen and oxygen atoms in total. The van der Waals surface area contributed by atoms with E-state index in [0.717, 1.165) is 24.3 Å². The third-order valence-corrected chi connectivity index (χ3v) is 7.29. The molecule has 2 aromatic carbocycles. The molecule has 0 radical (unpaired) electrons. The summed E-state index contributed by atoms with van der Waals surface area (Å²) in [5.74, 6) is -3.25. The van der Waals surface area contributed by atoms with E-state index in [1.54, 1.807) is 0 Å². The Morgan fingerprint density at radius 2 is 1.48 bits per heavy atom. The van der Waals surface area contributed by atoms with E-state index in [-0.39, 0.29) is 16.9 Å². The Morgan fingerprint density at radius 1 is 0.795 bits per heavy atom. The number of phenolic OH excluding ortho intramolecular Hbond substituents is 3. The molecular weight excluding hydrogens is 596 g/mol. The van der Waals surface area contributed by atoms with Gasteiger partial charge in [-0.15, -0.1) is 0 Å². The Kier molecular flexibility index (Phi) is 8.87. The zero-order valence-electron chi connectivity index (χ0n) is 22.4. The number of aliphatic hydroxyl groups is 8. The molecule has 44 heavy (non-hydrogen) atoms. The first-order chi connectivity index (χ1) is 20.9. The summed E-state index contributed by atoms with van der Waals surface area (Å²) in [7, 11) is 0. The second kappa shape index (κ2) is 12.3. The lowest BCUT2D eigenvalue weighted by molar-refractivity contribution is -0.277. The molecule has 2 fully saturated rings. The van der Waals surface area contributed by atoms with Crippen LogP contribution in [0.15, 0.2) is 39.5 Å². The van der Waals surface area contributed by atoms with Crippen LogP contribution in [0.5, 0.6) is 28.7 Å². The van der Waals surface area contributed by atoms with Crippen LogP contribution in [0.3, 0.4) is 0 Å². The predicted molar refractivity (Wildman–Crippen MR) is 142 cm³/mol. The zero-order valence-corrected chi connectivity index (χ0v) is 22.4. The summed E-state index contributed by atoms with van der Waals surface area (Å²) in [6, 6.07) is 5.25. The molecule has 0 spiro atoms. The van der Waals surface area contributed by atoms with Gasteiger partial charge in [-0.3, -0.25) is 4.79 Å². The van der Waals surface area contributed by atoms with Gasteiger partial charge in [0.2, 0.25) is 23.8 Å². The van der Waals surface area contributed by atoms with Crippen LogP contribution in [0.1, 0.15) is 0 Å². The van der Waals surface area contributed by atoms with Gasteiger partial charge >= 0.3 is 0 Å². The largest absolute Gasteiger partial charge is 0.508 e. The number of rotatable bonds is 8. The average molecular weight is 627 g/mol. The van der Waals surface area contributed by atoms with E-state index in [0.29, 0.717) is 0 Å². The number of benzene rings is 2. The highest BCUT2D eigenvalue weighted by Gasteiger charge is 2.48. The van der Waals surface area contributed by atoms with Crippen molar-refractivity contribution in [2.75, 3.05) is 13.2 Å². The molecule has 0 unspecified atom stereocenters. The number of hydrogen-bond acceptors (Lipinski definition) is 17. The first-order valence-corrected chi connectivity index (χ1v) is 13.2. The van der Waals surface area contributed by atoms with E-state index in [1.165, 1.54) is 6.07 Å². The molecule has 5 rings (SSSR count). The summed E-state index contributed by atoms with van der Waals surface area (Å²) in [6.45, 7) is -1.56. The SMILES string of the molecule is O=c1c(O[C@@H]2O[C@H]([C@H](O)CO)[C@H](O)[C@H]2O)c(-c2ccc(O[C@@H]3O[C@H](CO)[C@@H](O)[C@H](O)[C@H]3O)c(O)c2)oc2cc(O)cc(O)c12. The van der Waals surface area contributed by atoms with Crippen molar-refractivity contribution in [3.63, 3.8) is 0 Å². The summed E-state index contributed by atoms with van der Waals surface area (Å²) >= 11 is 0. The van der Waals surface area contributed by atoms with Gasteiger partial charge in [-0.2, -0.15) is 0 Å².